The molecule has 1 saturated heterocycles. The maximum Gasteiger partial charge on any atom is 0.336 e. The minimum Gasteiger partial charge on any atom is -0.480 e. The third kappa shape index (κ3) is 2.51. The van der Waals surface area contributed by atoms with Gasteiger partial charge in [0.25, 0.3) is 0 Å². The number of nitrogens with two attached hydrogens (primary N) is 2. The summed E-state index contributed by atoms with van der Waals surface area (Å²) in [5, 5.41) is 28.0. The standard InChI is InChI=1S/C12H20N2O6/c13-6(10(16)17)4-12(11(18)19)3-5-1-2-7(15)8(14)9(5)20-12/h5-9,15H,1-4,13-14H2,(H,16,17)(H,18,19)/t5-,6+,7-,8-,9-,12+/m1/s1. The summed E-state index contributed by atoms with van der Waals surface area (Å²) in [7, 11) is 0. The Balaban J connectivity index is 2.20. The van der Waals surface area contributed by atoms with Crippen LogP contribution in [0.5, 0.6) is 0 Å². The molecule has 8 nitrogen and oxygen atoms in total. The molecule has 20 heavy (non-hydrogen) atoms. The second-order valence-corrected chi connectivity index (χ2v) is 5.72. The number of aliphatic hydroxyl groups excluding tert-OH is 1. The molecule has 0 aromatic rings. The fourth-order valence-corrected chi connectivity index (χ4v) is 3.20. The van der Waals surface area contributed by atoms with Gasteiger partial charge in [0.2, 0.25) is 0 Å². The van der Waals surface area contributed by atoms with Crippen molar-refractivity contribution in [3.05, 3.63) is 0 Å². The van der Waals surface area contributed by atoms with Gasteiger partial charge in [0.15, 0.2) is 5.60 Å². The zero-order valence-electron chi connectivity index (χ0n) is 10.9. The first-order valence-corrected chi connectivity index (χ1v) is 6.60. The van der Waals surface area contributed by atoms with Crippen LogP contribution >= 0.6 is 0 Å². The third-order valence-electron chi connectivity index (χ3n) is 4.33. The lowest BCUT2D eigenvalue weighted by molar-refractivity contribution is -0.169. The van der Waals surface area contributed by atoms with E-state index in [-0.39, 0.29) is 18.8 Å². The van der Waals surface area contributed by atoms with Crippen LogP contribution in [0.15, 0.2) is 0 Å². The van der Waals surface area contributed by atoms with Crippen LogP contribution in [-0.4, -0.2) is 57.2 Å². The van der Waals surface area contributed by atoms with Gasteiger partial charge in [-0.2, -0.15) is 0 Å². The number of fused-ring (bicyclic) bond motifs is 1. The number of ether oxygens (including phenoxy) is 1. The van der Waals surface area contributed by atoms with E-state index in [0.717, 1.165) is 0 Å². The van der Waals surface area contributed by atoms with Gasteiger partial charge in [-0.15, -0.1) is 0 Å². The van der Waals surface area contributed by atoms with E-state index in [9.17, 15) is 19.8 Å². The number of aliphatic carboxylic acids is 2. The van der Waals surface area contributed by atoms with Gasteiger partial charge in [-0.1, -0.05) is 0 Å². The summed E-state index contributed by atoms with van der Waals surface area (Å²) in [4.78, 5) is 22.4. The molecule has 8 heteroatoms. The zero-order chi connectivity index (χ0) is 15.1. The SMILES string of the molecule is N[C@H]1[C@@H]2O[C@@](C[C@H](N)C(=O)O)(C(=O)O)C[C@H]2CC[C@H]1O. The quantitative estimate of drug-likeness (QED) is 0.418. The summed E-state index contributed by atoms with van der Waals surface area (Å²) in [6.45, 7) is 0. The minimum absolute atomic E-state index is 0.0921. The van der Waals surface area contributed by atoms with Gasteiger partial charge in [-0.25, -0.2) is 4.79 Å². The molecule has 2 fully saturated rings. The van der Waals surface area contributed by atoms with Gasteiger partial charge in [-0.05, 0) is 25.2 Å². The van der Waals surface area contributed by atoms with Crippen LogP contribution in [0.2, 0.25) is 0 Å². The molecule has 0 amide bonds. The molecular weight excluding hydrogens is 268 g/mol. The van der Waals surface area contributed by atoms with Crippen molar-refractivity contribution in [2.24, 2.45) is 17.4 Å². The molecule has 0 aromatic heterocycles. The molecule has 114 valence electrons. The fourth-order valence-electron chi connectivity index (χ4n) is 3.20. The fraction of sp³-hybridized carbons (Fsp3) is 0.833. The molecule has 0 radical (unpaired) electrons. The largest absolute Gasteiger partial charge is 0.480 e. The molecule has 7 N–H and O–H groups in total. The Morgan fingerprint density at radius 3 is 2.55 bits per heavy atom. The number of aliphatic hydroxyl groups is 1. The highest BCUT2D eigenvalue weighted by atomic mass is 16.5. The van der Waals surface area contributed by atoms with Gasteiger partial charge in [0.05, 0.1) is 18.2 Å². The van der Waals surface area contributed by atoms with Crippen molar-refractivity contribution in [1.82, 2.24) is 0 Å². The van der Waals surface area contributed by atoms with Crippen LogP contribution in [0.25, 0.3) is 0 Å². The number of hydrogen-bond donors (Lipinski definition) is 5. The van der Waals surface area contributed by atoms with Crippen LogP contribution in [0.3, 0.4) is 0 Å². The number of rotatable bonds is 4. The first kappa shape index (κ1) is 15.2. The molecule has 2 rings (SSSR count). The van der Waals surface area contributed by atoms with Gasteiger partial charge in [0.1, 0.15) is 6.04 Å². The summed E-state index contributed by atoms with van der Waals surface area (Å²) >= 11 is 0. The molecule has 0 unspecified atom stereocenters. The second-order valence-electron chi connectivity index (χ2n) is 5.72. The smallest absolute Gasteiger partial charge is 0.336 e. The summed E-state index contributed by atoms with van der Waals surface area (Å²) in [5.74, 6) is -2.59. The average molecular weight is 288 g/mol. The summed E-state index contributed by atoms with van der Waals surface area (Å²) in [6.07, 6.45) is -0.338. The molecule has 1 aliphatic carbocycles. The predicted octanol–water partition coefficient (Wildman–Crippen LogP) is -1.50. The third-order valence-corrected chi connectivity index (χ3v) is 4.33. The number of carboxylic acid groups (broad SMARTS) is 2. The van der Waals surface area contributed by atoms with E-state index in [1.807, 2.05) is 0 Å². The van der Waals surface area contributed by atoms with E-state index >= 15 is 0 Å². The number of carbonyl (C=O) groups is 2. The molecule has 0 spiro atoms. The van der Waals surface area contributed by atoms with E-state index in [2.05, 4.69) is 0 Å². The zero-order valence-corrected chi connectivity index (χ0v) is 10.9. The minimum atomic E-state index is -1.63. The highest BCUT2D eigenvalue weighted by molar-refractivity contribution is 5.80. The van der Waals surface area contributed by atoms with Crippen molar-refractivity contribution < 1.29 is 29.6 Å². The molecule has 1 heterocycles. The Morgan fingerprint density at radius 1 is 1.35 bits per heavy atom. The predicted molar refractivity (Wildman–Crippen MR) is 66.8 cm³/mol. The van der Waals surface area contributed by atoms with Gasteiger partial charge >= 0.3 is 11.9 Å². The Kier molecular flexibility index (Phi) is 4.01. The van der Waals surface area contributed by atoms with Gasteiger partial charge < -0.3 is 31.5 Å². The molecular formula is C12H20N2O6. The van der Waals surface area contributed by atoms with Gasteiger partial charge in [0, 0.05) is 6.42 Å². The van der Waals surface area contributed by atoms with E-state index < -0.39 is 41.8 Å². The Hall–Kier alpha value is -1.22. The number of hydrogen-bond acceptors (Lipinski definition) is 6. The van der Waals surface area contributed by atoms with Crippen molar-refractivity contribution >= 4 is 11.9 Å². The first-order valence-electron chi connectivity index (χ1n) is 6.60. The van der Waals surface area contributed by atoms with E-state index in [0.29, 0.717) is 12.8 Å². The molecule has 1 aliphatic heterocycles. The summed E-state index contributed by atoms with van der Waals surface area (Å²) in [5.41, 5.74) is 9.68. The van der Waals surface area contributed by atoms with Crippen molar-refractivity contribution in [3.63, 3.8) is 0 Å². The van der Waals surface area contributed by atoms with Crippen LogP contribution in [0.4, 0.5) is 0 Å². The maximum atomic E-state index is 11.5. The van der Waals surface area contributed by atoms with Crippen LogP contribution in [-0.2, 0) is 14.3 Å². The monoisotopic (exact) mass is 288 g/mol. The van der Waals surface area contributed by atoms with Crippen molar-refractivity contribution in [3.8, 4) is 0 Å². The topological polar surface area (TPSA) is 156 Å². The number of carboxylic acids is 2. The van der Waals surface area contributed by atoms with E-state index in [4.69, 9.17) is 21.3 Å². The van der Waals surface area contributed by atoms with Gasteiger partial charge in [-0.3, -0.25) is 4.79 Å². The van der Waals surface area contributed by atoms with Crippen molar-refractivity contribution in [2.75, 3.05) is 0 Å². The highest BCUT2D eigenvalue weighted by Gasteiger charge is 2.56. The molecule has 1 saturated carbocycles. The van der Waals surface area contributed by atoms with Crippen LogP contribution < -0.4 is 11.5 Å². The first-order chi connectivity index (χ1) is 9.27. The Morgan fingerprint density at radius 2 is 2.00 bits per heavy atom. The molecule has 0 aromatic carbocycles. The van der Waals surface area contributed by atoms with E-state index in [1.165, 1.54) is 0 Å². The lowest BCUT2D eigenvalue weighted by Gasteiger charge is -2.34. The normalized spacial score (nSPS) is 42.0. The second kappa shape index (κ2) is 5.28. The average Bonchev–Trinajstić information content (AvgIpc) is 2.74. The van der Waals surface area contributed by atoms with Crippen molar-refractivity contribution in [1.29, 1.82) is 0 Å². The maximum absolute atomic E-state index is 11.5. The van der Waals surface area contributed by atoms with E-state index in [1.54, 1.807) is 0 Å². The molecule has 6 atom stereocenters. The lowest BCUT2D eigenvalue weighted by Crippen LogP contribution is -2.52. The Bertz CT molecular complexity index is 417. The van der Waals surface area contributed by atoms with Crippen LogP contribution in [0.1, 0.15) is 25.7 Å². The summed E-state index contributed by atoms with van der Waals surface area (Å²) < 4.78 is 5.59. The van der Waals surface area contributed by atoms with Crippen LogP contribution in [0, 0.1) is 5.92 Å². The Labute approximate surface area is 115 Å². The highest BCUT2D eigenvalue weighted by Crippen LogP contribution is 2.44. The lowest BCUT2D eigenvalue weighted by atomic mass is 9.78. The molecule has 2 aliphatic rings. The molecule has 0 bridgehead atoms. The van der Waals surface area contributed by atoms with Crippen molar-refractivity contribution in [2.45, 2.75) is 55.6 Å². The summed E-state index contributed by atoms with van der Waals surface area (Å²) in [6, 6.07) is -1.97.